The molecule has 0 aliphatic carbocycles. The van der Waals surface area contributed by atoms with Gasteiger partial charge >= 0.3 is 0 Å². The third-order valence-corrected chi connectivity index (χ3v) is 4.95. The molecular weight excluding hydrogens is 378 g/mol. The minimum absolute atomic E-state index is 0.204. The molecule has 0 aromatic carbocycles. The highest BCUT2D eigenvalue weighted by molar-refractivity contribution is 5.94. The van der Waals surface area contributed by atoms with Crippen LogP contribution in [-0.4, -0.2) is 66.6 Å². The lowest BCUT2D eigenvalue weighted by molar-refractivity contribution is -0.135. The number of hydrogen-bond acceptors (Lipinski definition) is 6. The molecule has 7 N–H and O–H groups in total. The summed E-state index contributed by atoms with van der Waals surface area (Å²) in [6.07, 6.45) is 4.03. The maximum atomic E-state index is 12.8. The van der Waals surface area contributed by atoms with E-state index in [9.17, 15) is 24.3 Å². The van der Waals surface area contributed by atoms with Crippen molar-refractivity contribution in [2.75, 3.05) is 13.6 Å². The zero-order valence-corrected chi connectivity index (χ0v) is 17.3. The number of aliphatic hydroxyl groups is 1. The van der Waals surface area contributed by atoms with E-state index < -0.39 is 42.0 Å². The number of carbonyl (C=O) groups excluding carboxylic acids is 4. The van der Waals surface area contributed by atoms with Crippen LogP contribution in [0.5, 0.6) is 0 Å². The van der Waals surface area contributed by atoms with E-state index in [0.717, 1.165) is 25.7 Å². The van der Waals surface area contributed by atoms with Gasteiger partial charge in [0, 0.05) is 13.5 Å². The molecule has 0 spiro atoms. The molecule has 0 aromatic heterocycles. The Morgan fingerprint density at radius 2 is 1.83 bits per heavy atom. The van der Waals surface area contributed by atoms with E-state index in [4.69, 9.17) is 5.73 Å². The van der Waals surface area contributed by atoms with Gasteiger partial charge < -0.3 is 32.1 Å². The van der Waals surface area contributed by atoms with E-state index in [1.807, 2.05) is 0 Å². The van der Waals surface area contributed by atoms with Gasteiger partial charge in [-0.25, -0.2) is 0 Å². The Bertz CT molecular complexity index is 569. The molecule has 166 valence electrons. The Hall–Kier alpha value is -2.20. The second kappa shape index (κ2) is 13.1. The third kappa shape index (κ3) is 8.78. The molecule has 2 unspecified atom stereocenters. The summed E-state index contributed by atoms with van der Waals surface area (Å²) in [4.78, 5) is 49.4. The summed E-state index contributed by atoms with van der Waals surface area (Å²) in [5.41, 5.74) is 5.57. The second-order valence-electron chi connectivity index (χ2n) is 7.41. The lowest BCUT2D eigenvalue weighted by Crippen LogP contribution is -2.58. The summed E-state index contributed by atoms with van der Waals surface area (Å²) in [6, 6.07) is -2.84. The van der Waals surface area contributed by atoms with Gasteiger partial charge in [-0.05, 0) is 32.7 Å². The number of nitrogens with one attached hydrogen (secondary N) is 4. The minimum Gasteiger partial charge on any atom is -0.391 e. The van der Waals surface area contributed by atoms with Crippen LogP contribution < -0.4 is 27.0 Å². The Morgan fingerprint density at radius 3 is 2.45 bits per heavy atom. The molecule has 4 amide bonds. The van der Waals surface area contributed by atoms with E-state index in [1.54, 1.807) is 0 Å². The fourth-order valence-electron chi connectivity index (χ4n) is 3.22. The van der Waals surface area contributed by atoms with Crippen LogP contribution >= 0.6 is 0 Å². The Labute approximate surface area is 171 Å². The van der Waals surface area contributed by atoms with Gasteiger partial charge in [0.15, 0.2) is 0 Å². The average molecular weight is 414 g/mol. The summed E-state index contributed by atoms with van der Waals surface area (Å²) in [5.74, 6) is -1.79. The Morgan fingerprint density at radius 1 is 1.17 bits per heavy atom. The zero-order valence-electron chi connectivity index (χ0n) is 17.3. The number of carbonyl (C=O) groups is 4. The minimum atomic E-state index is -1.13. The van der Waals surface area contributed by atoms with E-state index in [1.165, 1.54) is 14.0 Å². The first kappa shape index (κ1) is 24.8. The number of rotatable bonds is 6. The van der Waals surface area contributed by atoms with Gasteiger partial charge in [0.2, 0.25) is 23.6 Å². The molecule has 0 radical (unpaired) electrons. The van der Waals surface area contributed by atoms with E-state index in [0.29, 0.717) is 19.3 Å². The molecule has 1 aliphatic heterocycles. The van der Waals surface area contributed by atoms with Gasteiger partial charge in [0.1, 0.15) is 18.1 Å². The predicted octanol–water partition coefficient (Wildman–Crippen LogP) is -1.34. The Balaban J connectivity index is 2.94. The van der Waals surface area contributed by atoms with Crippen LogP contribution in [0.3, 0.4) is 0 Å². The Kier molecular flexibility index (Phi) is 11.2. The lowest BCUT2D eigenvalue weighted by atomic mass is 10.0. The first-order valence-corrected chi connectivity index (χ1v) is 10.3. The highest BCUT2D eigenvalue weighted by Gasteiger charge is 2.30. The number of aliphatic hydroxyl groups excluding tert-OH is 1. The summed E-state index contributed by atoms with van der Waals surface area (Å²) in [6.45, 7) is 1.60. The van der Waals surface area contributed by atoms with Gasteiger partial charge in [-0.15, -0.1) is 0 Å². The van der Waals surface area contributed by atoms with Crippen molar-refractivity contribution in [3.8, 4) is 0 Å². The molecule has 29 heavy (non-hydrogen) atoms. The molecule has 0 bridgehead atoms. The van der Waals surface area contributed by atoms with Crippen LogP contribution in [0.15, 0.2) is 0 Å². The van der Waals surface area contributed by atoms with E-state index in [-0.39, 0.29) is 18.9 Å². The lowest BCUT2D eigenvalue weighted by Gasteiger charge is -2.26. The molecule has 0 saturated carbocycles. The van der Waals surface area contributed by atoms with Gasteiger partial charge in [-0.1, -0.05) is 25.7 Å². The van der Waals surface area contributed by atoms with E-state index in [2.05, 4.69) is 21.3 Å². The first-order valence-electron chi connectivity index (χ1n) is 10.3. The number of hydrogen-bond donors (Lipinski definition) is 6. The first-order chi connectivity index (χ1) is 13.8. The third-order valence-electron chi connectivity index (χ3n) is 4.95. The van der Waals surface area contributed by atoms with Gasteiger partial charge in [-0.3, -0.25) is 19.2 Å². The molecule has 10 nitrogen and oxygen atoms in total. The van der Waals surface area contributed by atoms with Crippen LogP contribution in [-0.2, 0) is 19.2 Å². The molecule has 4 atom stereocenters. The van der Waals surface area contributed by atoms with Gasteiger partial charge in [-0.2, -0.15) is 0 Å². The maximum absolute atomic E-state index is 12.8. The molecule has 1 saturated heterocycles. The van der Waals surface area contributed by atoms with E-state index >= 15 is 0 Å². The van der Waals surface area contributed by atoms with Crippen molar-refractivity contribution in [3.63, 3.8) is 0 Å². The van der Waals surface area contributed by atoms with Crippen molar-refractivity contribution in [3.05, 3.63) is 0 Å². The normalized spacial score (nSPS) is 23.9. The quantitative estimate of drug-likeness (QED) is 0.316. The van der Waals surface area contributed by atoms with Crippen LogP contribution in [0.2, 0.25) is 0 Å². The largest absolute Gasteiger partial charge is 0.391 e. The monoisotopic (exact) mass is 413 g/mol. The number of amides is 4. The summed E-state index contributed by atoms with van der Waals surface area (Å²) < 4.78 is 0. The smallest absolute Gasteiger partial charge is 0.245 e. The SMILES string of the molecule is CNC(=O)[C@@H](NC(=O)C1CCCCCCCC(=O)NC(CCN)C(=O)N1)[C@@H](C)O. The maximum Gasteiger partial charge on any atom is 0.245 e. The number of likely N-dealkylation sites (N-methyl/N-ethyl adjacent to an activating group) is 1. The summed E-state index contributed by atoms with van der Waals surface area (Å²) in [5, 5.41) is 20.1. The molecule has 1 rings (SSSR count). The topological polar surface area (TPSA) is 163 Å². The molecule has 1 fully saturated rings. The fraction of sp³-hybridized carbons (Fsp3) is 0.789. The molecular formula is C19H35N5O5. The molecule has 10 heteroatoms. The summed E-state index contributed by atoms with van der Waals surface area (Å²) >= 11 is 0. The van der Waals surface area contributed by atoms with Gasteiger partial charge in [0.25, 0.3) is 0 Å². The van der Waals surface area contributed by atoms with Crippen LogP contribution in [0, 0.1) is 0 Å². The number of nitrogens with two attached hydrogens (primary N) is 1. The molecule has 1 aliphatic rings. The van der Waals surface area contributed by atoms with Crippen molar-refractivity contribution < 1.29 is 24.3 Å². The van der Waals surface area contributed by atoms with Crippen LogP contribution in [0.4, 0.5) is 0 Å². The fourth-order valence-corrected chi connectivity index (χ4v) is 3.22. The van der Waals surface area contributed by atoms with Crippen molar-refractivity contribution in [2.45, 2.75) is 82.5 Å². The van der Waals surface area contributed by atoms with Crippen LogP contribution in [0.25, 0.3) is 0 Å². The standard InChI is InChI=1S/C19H35N5O5/c1-12(25)16(19(29)21-2)24-18(28)13-8-6-4-3-5-7-9-15(26)22-14(10-11-20)17(27)23-13/h12-14,16,25H,3-11,20H2,1-2H3,(H,21,29)(H,22,26)(H,23,27)(H,24,28)/t12-,13?,14?,16+/m1/s1. The van der Waals surface area contributed by atoms with Crippen molar-refractivity contribution in [2.24, 2.45) is 5.73 Å². The van der Waals surface area contributed by atoms with Crippen molar-refractivity contribution in [1.29, 1.82) is 0 Å². The second-order valence-corrected chi connectivity index (χ2v) is 7.41. The summed E-state index contributed by atoms with van der Waals surface area (Å²) in [7, 11) is 1.41. The molecule has 0 aromatic rings. The van der Waals surface area contributed by atoms with Crippen LogP contribution in [0.1, 0.15) is 58.3 Å². The predicted molar refractivity (Wildman–Crippen MR) is 108 cm³/mol. The van der Waals surface area contributed by atoms with Gasteiger partial charge in [0.05, 0.1) is 6.10 Å². The van der Waals surface area contributed by atoms with Crippen molar-refractivity contribution in [1.82, 2.24) is 21.3 Å². The highest BCUT2D eigenvalue weighted by Crippen LogP contribution is 2.11. The molecule has 1 heterocycles. The highest BCUT2D eigenvalue weighted by atomic mass is 16.3. The average Bonchev–Trinajstić information content (AvgIpc) is 2.69. The van der Waals surface area contributed by atoms with Crippen molar-refractivity contribution >= 4 is 23.6 Å². The zero-order chi connectivity index (χ0) is 21.8.